The summed E-state index contributed by atoms with van der Waals surface area (Å²) < 4.78 is 35.7. The summed E-state index contributed by atoms with van der Waals surface area (Å²) >= 11 is 0. The van der Waals surface area contributed by atoms with E-state index in [1.165, 1.54) is 6.42 Å². The number of nitrogens with two attached hydrogens (primary N) is 1. The molecule has 0 aliphatic rings. The molecule has 3 N–H and O–H groups in total. The van der Waals surface area contributed by atoms with Crippen molar-refractivity contribution in [3.05, 3.63) is 0 Å². The zero-order chi connectivity index (χ0) is 15.6. The van der Waals surface area contributed by atoms with Gasteiger partial charge in [0.25, 0.3) is 0 Å². The van der Waals surface area contributed by atoms with Crippen LogP contribution in [0.15, 0.2) is 4.99 Å². The molecule has 0 aromatic heterocycles. The Bertz CT molecular complexity index is 275. The molecule has 0 aromatic rings. The normalized spacial score (nSPS) is 14.7. The van der Waals surface area contributed by atoms with E-state index in [1.807, 2.05) is 6.92 Å². The maximum absolute atomic E-state index is 11.9. The second-order valence-electron chi connectivity index (χ2n) is 5.71. The summed E-state index contributed by atoms with van der Waals surface area (Å²) in [6.07, 6.45) is -0.985. The van der Waals surface area contributed by atoms with E-state index in [9.17, 15) is 13.2 Å². The summed E-state index contributed by atoms with van der Waals surface area (Å²) in [5.41, 5.74) is 5.69. The van der Waals surface area contributed by atoms with E-state index in [0.717, 1.165) is 12.8 Å². The molecular formula is C14H28F3N3. The van der Waals surface area contributed by atoms with E-state index in [1.54, 1.807) is 0 Å². The van der Waals surface area contributed by atoms with Gasteiger partial charge in [-0.3, -0.25) is 4.99 Å². The average molecular weight is 295 g/mol. The van der Waals surface area contributed by atoms with Gasteiger partial charge >= 0.3 is 6.18 Å². The van der Waals surface area contributed by atoms with Crippen molar-refractivity contribution in [3.63, 3.8) is 0 Å². The third-order valence-corrected chi connectivity index (χ3v) is 2.96. The summed E-state index contributed by atoms with van der Waals surface area (Å²) in [6.45, 7) is 6.75. The fourth-order valence-corrected chi connectivity index (χ4v) is 1.84. The molecule has 0 aliphatic heterocycles. The molecule has 0 aromatic carbocycles. The van der Waals surface area contributed by atoms with Gasteiger partial charge in [-0.05, 0) is 32.1 Å². The first-order valence-corrected chi connectivity index (χ1v) is 7.34. The molecule has 0 spiro atoms. The highest BCUT2D eigenvalue weighted by atomic mass is 19.4. The minimum Gasteiger partial charge on any atom is -0.370 e. The molecule has 0 heterocycles. The minimum absolute atomic E-state index is 0.101. The lowest BCUT2D eigenvalue weighted by atomic mass is 10.0. The maximum atomic E-state index is 11.9. The third-order valence-electron chi connectivity index (χ3n) is 2.96. The third kappa shape index (κ3) is 13.5. The molecule has 6 heteroatoms. The Morgan fingerprint density at radius 2 is 1.75 bits per heavy atom. The van der Waals surface area contributed by atoms with Crippen molar-refractivity contribution < 1.29 is 13.2 Å². The number of guanidine groups is 1. The van der Waals surface area contributed by atoms with Crippen molar-refractivity contribution in [1.29, 1.82) is 0 Å². The first kappa shape index (κ1) is 19.1. The largest absolute Gasteiger partial charge is 0.389 e. The number of aliphatic imine (C=N–C) groups is 1. The van der Waals surface area contributed by atoms with Gasteiger partial charge < -0.3 is 11.1 Å². The van der Waals surface area contributed by atoms with Crippen molar-refractivity contribution in [2.75, 3.05) is 6.54 Å². The Labute approximate surface area is 120 Å². The van der Waals surface area contributed by atoms with Gasteiger partial charge in [-0.15, -0.1) is 0 Å². The van der Waals surface area contributed by atoms with Crippen LogP contribution >= 0.6 is 0 Å². The van der Waals surface area contributed by atoms with Crippen LogP contribution in [0.25, 0.3) is 0 Å². The fourth-order valence-electron chi connectivity index (χ4n) is 1.84. The Hall–Kier alpha value is -0.940. The molecule has 120 valence electrons. The van der Waals surface area contributed by atoms with Crippen molar-refractivity contribution in [2.24, 2.45) is 16.6 Å². The fraction of sp³-hybridized carbons (Fsp3) is 0.929. The van der Waals surface area contributed by atoms with Crippen LogP contribution < -0.4 is 11.1 Å². The number of nitrogens with one attached hydrogen (secondary N) is 1. The highest BCUT2D eigenvalue weighted by Crippen LogP contribution is 2.21. The van der Waals surface area contributed by atoms with E-state index >= 15 is 0 Å². The van der Waals surface area contributed by atoms with Crippen LogP contribution in [-0.2, 0) is 0 Å². The monoisotopic (exact) mass is 295 g/mol. The molecular weight excluding hydrogens is 267 g/mol. The topological polar surface area (TPSA) is 50.4 Å². The predicted octanol–water partition coefficient (Wildman–Crippen LogP) is 3.84. The molecule has 1 atom stereocenters. The van der Waals surface area contributed by atoms with Gasteiger partial charge in [0.2, 0.25) is 0 Å². The Morgan fingerprint density at radius 1 is 1.10 bits per heavy atom. The SMILES string of the molecule is CC(C)CCCC(C)NC(N)=NCCCCC(F)(F)F. The lowest BCUT2D eigenvalue weighted by Crippen LogP contribution is -2.38. The first-order chi connectivity index (χ1) is 9.20. The Morgan fingerprint density at radius 3 is 2.30 bits per heavy atom. The number of alkyl halides is 3. The molecule has 0 saturated heterocycles. The summed E-state index contributed by atoms with van der Waals surface area (Å²) in [5.74, 6) is 1.02. The van der Waals surface area contributed by atoms with Crippen LogP contribution in [-0.4, -0.2) is 24.7 Å². The molecule has 0 radical (unpaired) electrons. The van der Waals surface area contributed by atoms with Gasteiger partial charge in [-0.2, -0.15) is 13.2 Å². The van der Waals surface area contributed by atoms with Crippen molar-refractivity contribution in [2.45, 2.75) is 71.5 Å². The number of halogens is 3. The van der Waals surface area contributed by atoms with Crippen molar-refractivity contribution in [1.82, 2.24) is 5.32 Å². The quantitative estimate of drug-likeness (QED) is 0.386. The first-order valence-electron chi connectivity index (χ1n) is 7.34. The molecule has 20 heavy (non-hydrogen) atoms. The van der Waals surface area contributed by atoms with Crippen molar-refractivity contribution >= 4 is 5.96 Å². The molecule has 0 fully saturated rings. The molecule has 0 saturated carbocycles. The number of hydrogen-bond donors (Lipinski definition) is 2. The van der Waals surface area contributed by atoms with Crippen molar-refractivity contribution in [3.8, 4) is 0 Å². The van der Waals surface area contributed by atoms with E-state index in [0.29, 0.717) is 24.8 Å². The van der Waals surface area contributed by atoms with Crippen LogP contribution in [0.5, 0.6) is 0 Å². The van der Waals surface area contributed by atoms with Gasteiger partial charge in [0.05, 0.1) is 0 Å². The van der Waals surface area contributed by atoms with E-state index in [4.69, 9.17) is 5.73 Å². The Kier molecular flexibility index (Phi) is 9.42. The van der Waals surface area contributed by atoms with Crippen LogP contribution in [0.2, 0.25) is 0 Å². The molecule has 0 rings (SSSR count). The number of rotatable bonds is 9. The molecule has 0 aliphatic carbocycles. The average Bonchev–Trinajstić information content (AvgIpc) is 2.26. The smallest absolute Gasteiger partial charge is 0.370 e. The van der Waals surface area contributed by atoms with Crippen LogP contribution in [0.4, 0.5) is 13.2 Å². The molecule has 0 amide bonds. The van der Waals surface area contributed by atoms with Gasteiger partial charge in [-0.1, -0.05) is 26.7 Å². The zero-order valence-electron chi connectivity index (χ0n) is 12.8. The molecule has 3 nitrogen and oxygen atoms in total. The van der Waals surface area contributed by atoms with Gasteiger partial charge in [0, 0.05) is 19.0 Å². The summed E-state index contributed by atoms with van der Waals surface area (Å²) in [6, 6.07) is 0.243. The van der Waals surface area contributed by atoms with E-state index in [-0.39, 0.29) is 12.5 Å². The Balaban J connectivity index is 3.68. The highest BCUT2D eigenvalue weighted by molar-refractivity contribution is 5.78. The number of hydrogen-bond acceptors (Lipinski definition) is 1. The maximum Gasteiger partial charge on any atom is 0.389 e. The number of nitrogens with zero attached hydrogens (tertiary/aromatic N) is 1. The lowest BCUT2D eigenvalue weighted by Gasteiger charge is -2.15. The summed E-state index contributed by atoms with van der Waals surface area (Å²) in [7, 11) is 0. The van der Waals surface area contributed by atoms with Crippen LogP contribution in [0, 0.1) is 5.92 Å². The predicted molar refractivity (Wildman–Crippen MR) is 77.7 cm³/mol. The second-order valence-corrected chi connectivity index (χ2v) is 5.71. The summed E-state index contributed by atoms with van der Waals surface area (Å²) in [5, 5.41) is 3.07. The zero-order valence-corrected chi connectivity index (χ0v) is 12.8. The highest BCUT2D eigenvalue weighted by Gasteiger charge is 2.25. The van der Waals surface area contributed by atoms with Gasteiger partial charge in [-0.25, -0.2) is 0 Å². The summed E-state index contributed by atoms with van der Waals surface area (Å²) in [4.78, 5) is 4.04. The van der Waals surface area contributed by atoms with Crippen LogP contribution in [0.1, 0.15) is 59.3 Å². The second kappa shape index (κ2) is 9.88. The van der Waals surface area contributed by atoms with Crippen LogP contribution in [0.3, 0.4) is 0 Å². The molecule has 1 unspecified atom stereocenters. The lowest BCUT2D eigenvalue weighted by molar-refractivity contribution is -0.135. The van der Waals surface area contributed by atoms with E-state index in [2.05, 4.69) is 24.2 Å². The molecule has 0 bridgehead atoms. The minimum atomic E-state index is -4.07. The van der Waals surface area contributed by atoms with Gasteiger partial charge in [0.1, 0.15) is 0 Å². The standard InChI is InChI=1S/C14H28F3N3/c1-11(2)7-6-8-12(3)20-13(18)19-10-5-4-9-14(15,16)17/h11-12H,4-10H2,1-3H3,(H3,18,19,20). The van der Waals surface area contributed by atoms with E-state index < -0.39 is 12.6 Å². The van der Waals surface area contributed by atoms with Gasteiger partial charge in [0.15, 0.2) is 5.96 Å². The number of unbranched alkanes of at least 4 members (excludes halogenated alkanes) is 1.